The van der Waals surface area contributed by atoms with Crippen LogP contribution in [0.15, 0.2) is 35.6 Å². The van der Waals surface area contributed by atoms with E-state index in [4.69, 9.17) is 19.4 Å². The lowest BCUT2D eigenvalue weighted by Gasteiger charge is -2.28. The zero-order valence-electron chi connectivity index (χ0n) is 17.7. The fourth-order valence-electron chi connectivity index (χ4n) is 3.50. The van der Waals surface area contributed by atoms with Gasteiger partial charge in [-0.25, -0.2) is 14.6 Å². The maximum Gasteiger partial charge on any atom is 0.255 e. The molecule has 10 heteroatoms. The van der Waals surface area contributed by atoms with Gasteiger partial charge in [-0.05, 0) is 17.9 Å². The highest BCUT2D eigenvalue weighted by Gasteiger charge is 2.20. The van der Waals surface area contributed by atoms with Crippen LogP contribution in [0.1, 0.15) is 17.3 Å². The maximum atomic E-state index is 12.5. The molecule has 0 saturated carbocycles. The quantitative estimate of drug-likeness (QED) is 0.419. The molecule has 1 N–H and O–H groups in total. The second kappa shape index (κ2) is 9.97. The van der Waals surface area contributed by atoms with E-state index < -0.39 is 0 Å². The van der Waals surface area contributed by atoms with Crippen LogP contribution in [0.5, 0.6) is 5.75 Å². The highest BCUT2D eigenvalue weighted by atomic mass is 32.2. The lowest BCUT2D eigenvalue weighted by molar-refractivity contribution is 0.0949. The number of ether oxygens (including phenoxy) is 2. The fraction of sp³-hybridized carbons (Fsp3) is 0.429. The Morgan fingerprint density at radius 2 is 2.06 bits per heavy atom. The number of nitrogens with zero attached hydrogens (tertiary/aromatic N) is 5. The molecule has 1 aliphatic heterocycles. The number of amides is 1. The van der Waals surface area contributed by atoms with Crippen LogP contribution in [-0.2, 0) is 11.3 Å². The maximum absolute atomic E-state index is 12.5. The van der Waals surface area contributed by atoms with Gasteiger partial charge in [0.2, 0.25) is 0 Å². The van der Waals surface area contributed by atoms with Crippen LogP contribution in [0.4, 0.5) is 5.82 Å². The molecule has 0 unspecified atom stereocenters. The first kappa shape index (κ1) is 21.4. The topological polar surface area (TPSA) is 94.4 Å². The fourth-order valence-corrected chi connectivity index (χ4v) is 4.06. The van der Waals surface area contributed by atoms with Gasteiger partial charge in [0, 0.05) is 19.6 Å². The molecule has 0 bridgehead atoms. The van der Waals surface area contributed by atoms with Crippen LogP contribution in [0.2, 0.25) is 0 Å². The minimum Gasteiger partial charge on any atom is -0.496 e. The minimum atomic E-state index is -0.181. The van der Waals surface area contributed by atoms with Gasteiger partial charge in [-0.1, -0.05) is 30.8 Å². The largest absolute Gasteiger partial charge is 0.496 e. The third-order valence-corrected chi connectivity index (χ3v) is 5.73. The number of fused-ring (bicyclic) bond motifs is 1. The number of methoxy groups -OCH3 is 1. The number of thioether (sulfide) groups is 1. The molecular weight excluding hydrogens is 416 g/mol. The van der Waals surface area contributed by atoms with Crippen LogP contribution >= 0.6 is 11.8 Å². The average Bonchev–Trinajstić information content (AvgIpc) is 3.22. The normalized spacial score (nSPS) is 14.1. The first-order valence-corrected chi connectivity index (χ1v) is 11.3. The summed E-state index contributed by atoms with van der Waals surface area (Å²) in [5.41, 5.74) is 1.29. The third-order valence-electron chi connectivity index (χ3n) is 5.00. The van der Waals surface area contributed by atoms with Gasteiger partial charge in [0.15, 0.2) is 10.8 Å². The van der Waals surface area contributed by atoms with Crippen molar-refractivity contribution in [1.82, 2.24) is 25.1 Å². The molecule has 31 heavy (non-hydrogen) atoms. The first-order chi connectivity index (χ1) is 15.2. The highest BCUT2D eigenvalue weighted by molar-refractivity contribution is 7.99. The summed E-state index contributed by atoms with van der Waals surface area (Å²) in [6.07, 6.45) is 1.81. The Bertz CT molecular complexity index is 1050. The molecule has 9 nitrogen and oxygen atoms in total. The van der Waals surface area contributed by atoms with Crippen molar-refractivity contribution in [3.8, 4) is 5.75 Å². The molecule has 164 valence electrons. The van der Waals surface area contributed by atoms with Crippen molar-refractivity contribution < 1.29 is 14.3 Å². The van der Waals surface area contributed by atoms with E-state index in [0.717, 1.165) is 40.9 Å². The van der Waals surface area contributed by atoms with Crippen LogP contribution in [0.3, 0.4) is 0 Å². The van der Waals surface area contributed by atoms with Gasteiger partial charge in [-0.3, -0.25) is 4.79 Å². The second-order valence-electron chi connectivity index (χ2n) is 6.92. The minimum absolute atomic E-state index is 0.181. The van der Waals surface area contributed by atoms with Crippen LogP contribution in [0.25, 0.3) is 11.0 Å². The Morgan fingerprint density at radius 3 is 2.84 bits per heavy atom. The van der Waals surface area contributed by atoms with E-state index >= 15 is 0 Å². The molecule has 2 aromatic heterocycles. The van der Waals surface area contributed by atoms with Crippen molar-refractivity contribution in [3.05, 3.63) is 36.0 Å². The third kappa shape index (κ3) is 4.75. The molecular formula is C21H26N6O3S. The number of hydrogen-bond donors (Lipinski definition) is 1. The van der Waals surface area contributed by atoms with E-state index in [9.17, 15) is 4.79 Å². The summed E-state index contributed by atoms with van der Waals surface area (Å²) in [5, 5.41) is 9.11. The SMILES string of the molecule is CCSc1nc(N2CCOCC2)c2cnn(CCNC(=O)c3ccccc3OC)c2n1. The Labute approximate surface area is 185 Å². The number of carbonyl (C=O) groups excluding carboxylic acids is 1. The van der Waals surface area contributed by atoms with Gasteiger partial charge < -0.3 is 19.7 Å². The summed E-state index contributed by atoms with van der Waals surface area (Å²) in [6, 6.07) is 7.17. The summed E-state index contributed by atoms with van der Waals surface area (Å²) in [5.74, 6) is 2.15. The Kier molecular flexibility index (Phi) is 6.88. The monoisotopic (exact) mass is 442 g/mol. The number of hydrogen-bond acceptors (Lipinski definition) is 8. The smallest absolute Gasteiger partial charge is 0.255 e. The van der Waals surface area contributed by atoms with E-state index in [-0.39, 0.29) is 5.91 Å². The molecule has 1 fully saturated rings. The molecule has 0 atom stereocenters. The molecule has 3 aromatic rings. The summed E-state index contributed by atoms with van der Waals surface area (Å²) in [4.78, 5) is 24.3. The van der Waals surface area contributed by atoms with Gasteiger partial charge in [0.05, 0.1) is 44.0 Å². The Hall–Kier alpha value is -2.85. The Morgan fingerprint density at radius 1 is 1.26 bits per heavy atom. The number of benzene rings is 1. The number of morpholine rings is 1. The standard InChI is InChI=1S/C21H26N6O3S/c1-3-31-21-24-18(26-10-12-30-13-11-26)16-14-23-27(19(16)25-21)9-8-22-20(28)15-6-4-5-7-17(15)29-2/h4-7,14H,3,8-13H2,1-2H3,(H,22,28). The molecule has 1 aliphatic rings. The van der Waals surface area contributed by atoms with Gasteiger partial charge in [0.25, 0.3) is 5.91 Å². The van der Waals surface area contributed by atoms with Crippen molar-refractivity contribution in [2.24, 2.45) is 0 Å². The lowest BCUT2D eigenvalue weighted by Crippen LogP contribution is -2.37. The van der Waals surface area contributed by atoms with Crippen molar-refractivity contribution in [2.45, 2.75) is 18.6 Å². The molecule has 0 aliphatic carbocycles. The lowest BCUT2D eigenvalue weighted by atomic mass is 10.2. The summed E-state index contributed by atoms with van der Waals surface area (Å²) in [7, 11) is 1.56. The summed E-state index contributed by atoms with van der Waals surface area (Å²) >= 11 is 1.61. The van der Waals surface area contributed by atoms with Crippen LogP contribution < -0.4 is 15.0 Å². The predicted molar refractivity (Wildman–Crippen MR) is 120 cm³/mol. The predicted octanol–water partition coefficient (Wildman–Crippen LogP) is 2.21. The van der Waals surface area contributed by atoms with Gasteiger partial charge in [-0.15, -0.1) is 0 Å². The van der Waals surface area contributed by atoms with Crippen molar-refractivity contribution >= 4 is 34.5 Å². The molecule has 3 heterocycles. The van der Waals surface area contributed by atoms with E-state index in [2.05, 4.69) is 22.2 Å². The van der Waals surface area contributed by atoms with Crippen molar-refractivity contribution in [1.29, 1.82) is 0 Å². The van der Waals surface area contributed by atoms with E-state index in [1.165, 1.54) is 0 Å². The number of aromatic nitrogens is 4. The zero-order valence-corrected chi connectivity index (χ0v) is 18.5. The van der Waals surface area contributed by atoms with Crippen molar-refractivity contribution in [3.63, 3.8) is 0 Å². The van der Waals surface area contributed by atoms with E-state index in [1.807, 2.05) is 23.0 Å². The Balaban J connectivity index is 1.52. The van der Waals surface area contributed by atoms with E-state index in [0.29, 0.717) is 37.6 Å². The molecule has 1 amide bonds. The van der Waals surface area contributed by atoms with Crippen molar-refractivity contribution in [2.75, 3.05) is 50.6 Å². The van der Waals surface area contributed by atoms with Crippen LogP contribution in [-0.4, -0.2) is 71.4 Å². The van der Waals surface area contributed by atoms with Crippen LogP contribution in [0, 0.1) is 0 Å². The summed E-state index contributed by atoms with van der Waals surface area (Å²) < 4.78 is 12.6. The molecule has 4 rings (SSSR count). The van der Waals surface area contributed by atoms with Gasteiger partial charge in [0.1, 0.15) is 11.6 Å². The molecule has 1 aromatic carbocycles. The van der Waals surface area contributed by atoms with Gasteiger partial charge in [-0.2, -0.15) is 5.10 Å². The van der Waals surface area contributed by atoms with E-state index in [1.54, 1.807) is 31.0 Å². The second-order valence-corrected chi connectivity index (χ2v) is 8.15. The number of nitrogens with one attached hydrogen (secondary N) is 1. The zero-order chi connectivity index (χ0) is 21.6. The summed E-state index contributed by atoms with van der Waals surface area (Å²) in [6.45, 7) is 5.96. The number of rotatable bonds is 8. The number of carbonyl (C=O) groups is 1. The molecule has 0 spiro atoms. The molecule has 0 radical (unpaired) electrons. The van der Waals surface area contributed by atoms with Gasteiger partial charge >= 0.3 is 0 Å². The highest BCUT2D eigenvalue weighted by Crippen LogP contribution is 2.27. The number of anilines is 1. The molecule has 1 saturated heterocycles. The first-order valence-electron chi connectivity index (χ1n) is 10.3. The average molecular weight is 443 g/mol. The number of para-hydroxylation sites is 1.